The molecule has 1 unspecified atom stereocenters. The van der Waals surface area contributed by atoms with Crippen molar-refractivity contribution in [3.8, 4) is 0 Å². The summed E-state index contributed by atoms with van der Waals surface area (Å²) in [5.74, 6) is 2.68. The minimum absolute atomic E-state index is 0.144. The molecule has 3 nitrogen and oxygen atoms in total. The largest absolute Gasteiger partial charge is 0.384 e. The van der Waals surface area contributed by atoms with Crippen LogP contribution in [0.25, 0.3) is 0 Å². The minimum atomic E-state index is 0.144. The fraction of sp³-hybridized carbons (Fsp3) is 0.500. The lowest BCUT2D eigenvalue weighted by molar-refractivity contribution is 0.254. The third kappa shape index (κ3) is 3.06. The third-order valence-corrected chi connectivity index (χ3v) is 4.75. The van der Waals surface area contributed by atoms with Crippen LogP contribution in [0.5, 0.6) is 0 Å². The summed E-state index contributed by atoms with van der Waals surface area (Å²) in [6.07, 6.45) is 1.30. The number of hydrogen-bond donors (Lipinski definition) is 2. The first-order chi connectivity index (χ1) is 8.58. The maximum Gasteiger partial charge on any atom is 0.122 e. The molecule has 1 aromatic carbocycles. The van der Waals surface area contributed by atoms with Crippen LogP contribution in [0.2, 0.25) is 0 Å². The first-order valence-electron chi connectivity index (χ1n) is 6.30. The second-order valence-corrected chi connectivity index (χ2v) is 6.14. The molecule has 18 heavy (non-hydrogen) atoms. The highest BCUT2D eigenvalue weighted by Gasteiger charge is 2.20. The van der Waals surface area contributed by atoms with E-state index < -0.39 is 0 Å². The van der Waals surface area contributed by atoms with Gasteiger partial charge in [0.05, 0.1) is 0 Å². The van der Waals surface area contributed by atoms with Gasteiger partial charge in [0.15, 0.2) is 0 Å². The van der Waals surface area contributed by atoms with Gasteiger partial charge in [-0.15, -0.1) is 0 Å². The van der Waals surface area contributed by atoms with Crippen molar-refractivity contribution in [2.75, 3.05) is 18.6 Å². The summed E-state index contributed by atoms with van der Waals surface area (Å²) in [6.45, 7) is 3.08. The lowest BCUT2D eigenvalue weighted by atomic mass is 10.0. The van der Waals surface area contributed by atoms with Crippen LogP contribution in [0.1, 0.15) is 23.1 Å². The number of hydrogen-bond acceptors (Lipinski definition) is 3. The van der Waals surface area contributed by atoms with Gasteiger partial charge in [-0.25, -0.2) is 0 Å². The second-order valence-electron chi connectivity index (χ2n) is 4.99. The van der Waals surface area contributed by atoms with Gasteiger partial charge in [-0.1, -0.05) is 12.1 Å². The standard InChI is InChI=1S/C14H21N3S/c1-10-7-11(14(15)16)3-4-12(10)8-17(2)13-5-6-18-9-13/h3-4,7,13H,5-6,8-9H2,1-2H3,(H3,15,16). The summed E-state index contributed by atoms with van der Waals surface area (Å²) >= 11 is 2.05. The lowest BCUT2D eigenvalue weighted by Gasteiger charge is -2.24. The van der Waals surface area contributed by atoms with E-state index in [9.17, 15) is 0 Å². The number of nitrogens with zero attached hydrogens (tertiary/aromatic N) is 1. The average Bonchev–Trinajstić information content (AvgIpc) is 2.85. The first-order valence-corrected chi connectivity index (χ1v) is 7.45. The molecule has 0 saturated carbocycles. The van der Waals surface area contributed by atoms with Crippen molar-refractivity contribution in [3.63, 3.8) is 0 Å². The molecule has 0 aliphatic carbocycles. The molecule has 1 heterocycles. The second kappa shape index (κ2) is 5.76. The van der Waals surface area contributed by atoms with Crippen molar-refractivity contribution in [2.45, 2.75) is 25.9 Å². The highest BCUT2D eigenvalue weighted by Crippen LogP contribution is 2.23. The van der Waals surface area contributed by atoms with E-state index in [2.05, 4.69) is 24.9 Å². The van der Waals surface area contributed by atoms with E-state index in [4.69, 9.17) is 11.1 Å². The van der Waals surface area contributed by atoms with E-state index in [0.29, 0.717) is 6.04 Å². The molecular formula is C14H21N3S. The molecule has 1 aliphatic heterocycles. The summed E-state index contributed by atoms with van der Waals surface area (Å²) in [5, 5.41) is 7.44. The van der Waals surface area contributed by atoms with E-state index in [-0.39, 0.29) is 5.84 Å². The molecule has 1 atom stereocenters. The fourth-order valence-electron chi connectivity index (χ4n) is 2.31. The van der Waals surface area contributed by atoms with Gasteiger partial charge in [0, 0.05) is 23.9 Å². The summed E-state index contributed by atoms with van der Waals surface area (Å²) in [7, 11) is 2.20. The van der Waals surface area contributed by atoms with Crippen molar-refractivity contribution in [1.82, 2.24) is 4.90 Å². The van der Waals surface area contributed by atoms with Gasteiger partial charge in [-0.05, 0) is 43.3 Å². The Labute approximate surface area is 113 Å². The molecule has 1 aliphatic rings. The Morgan fingerprint density at radius 3 is 2.89 bits per heavy atom. The number of rotatable bonds is 4. The van der Waals surface area contributed by atoms with Crippen LogP contribution in [-0.2, 0) is 6.54 Å². The van der Waals surface area contributed by atoms with E-state index in [1.807, 2.05) is 23.9 Å². The minimum Gasteiger partial charge on any atom is -0.384 e. The van der Waals surface area contributed by atoms with Crippen LogP contribution >= 0.6 is 11.8 Å². The van der Waals surface area contributed by atoms with Gasteiger partial charge < -0.3 is 5.73 Å². The predicted octanol–water partition coefficient (Wildman–Crippen LogP) is 2.22. The number of benzene rings is 1. The summed E-state index contributed by atoms with van der Waals surface area (Å²) in [5.41, 5.74) is 8.87. The monoisotopic (exact) mass is 263 g/mol. The zero-order valence-electron chi connectivity index (χ0n) is 11.1. The van der Waals surface area contributed by atoms with Crippen molar-refractivity contribution in [1.29, 1.82) is 5.41 Å². The number of amidine groups is 1. The fourth-order valence-corrected chi connectivity index (χ4v) is 3.61. The van der Waals surface area contributed by atoms with Gasteiger partial charge in [-0.3, -0.25) is 10.3 Å². The highest BCUT2D eigenvalue weighted by molar-refractivity contribution is 7.99. The Kier molecular flexibility index (Phi) is 4.30. The molecule has 1 fully saturated rings. The normalized spacial score (nSPS) is 19.4. The number of nitrogens with one attached hydrogen (secondary N) is 1. The van der Waals surface area contributed by atoms with Crippen LogP contribution in [0.15, 0.2) is 18.2 Å². The summed E-state index contributed by atoms with van der Waals surface area (Å²) in [4.78, 5) is 2.44. The molecule has 3 N–H and O–H groups in total. The summed E-state index contributed by atoms with van der Waals surface area (Å²) in [6, 6.07) is 6.77. The molecule has 0 radical (unpaired) electrons. The smallest absolute Gasteiger partial charge is 0.122 e. The third-order valence-electron chi connectivity index (χ3n) is 3.60. The van der Waals surface area contributed by atoms with E-state index in [1.54, 1.807) is 0 Å². The van der Waals surface area contributed by atoms with Crippen molar-refractivity contribution >= 4 is 17.6 Å². The van der Waals surface area contributed by atoms with E-state index >= 15 is 0 Å². The van der Waals surface area contributed by atoms with Gasteiger partial charge >= 0.3 is 0 Å². The maximum atomic E-state index is 7.44. The van der Waals surface area contributed by atoms with Crippen LogP contribution in [0.4, 0.5) is 0 Å². The van der Waals surface area contributed by atoms with Crippen LogP contribution in [-0.4, -0.2) is 35.3 Å². The van der Waals surface area contributed by atoms with E-state index in [1.165, 1.54) is 29.1 Å². The highest BCUT2D eigenvalue weighted by atomic mass is 32.2. The lowest BCUT2D eigenvalue weighted by Crippen LogP contribution is -2.31. The number of nitrogen functional groups attached to an aromatic ring is 1. The Morgan fingerprint density at radius 1 is 1.56 bits per heavy atom. The molecule has 2 rings (SSSR count). The molecule has 0 spiro atoms. The van der Waals surface area contributed by atoms with E-state index in [0.717, 1.165) is 12.1 Å². The number of aryl methyl sites for hydroxylation is 1. The van der Waals surface area contributed by atoms with Gasteiger partial charge in [0.25, 0.3) is 0 Å². The molecule has 1 saturated heterocycles. The van der Waals surface area contributed by atoms with Gasteiger partial charge in [-0.2, -0.15) is 11.8 Å². The molecule has 0 aromatic heterocycles. The van der Waals surface area contributed by atoms with Crippen molar-refractivity contribution in [3.05, 3.63) is 34.9 Å². The molecule has 0 bridgehead atoms. The quantitative estimate of drug-likeness (QED) is 0.647. The maximum absolute atomic E-state index is 7.44. The average molecular weight is 263 g/mol. The molecular weight excluding hydrogens is 242 g/mol. The SMILES string of the molecule is Cc1cc(C(=N)N)ccc1CN(C)C1CCSC1. The van der Waals surface area contributed by atoms with Gasteiger partial charge in [0.1, 0.15) is 5.84 Å². The Balaban J connectivity index is 2.06. The summed E-state index contributed by atoms with van der Waals surface area (Å²) < 4.78 is 0. The topological polar surface area (TPSA) is 53.1 Å². The van der Waals surface area contributed by atoms with Crippen molar-refractivity contribution < 1.29 is 0 Å². The number of nitrogens with two attached hydrogens (primary N) is 1. The van der Waals surface area contributed by atoms with Crippen LogP contribution in [0.3, 0.4) is 0 Å². The first kappa shape index (κ1) is 13.4. The predicted molar refractivity (Wildman–Crippen MR) is 79.4 cm³/mol. The zero-order valence-corrected chi connectivity index (χ0v) is 11.9. The molecule has 0 amide bonds. The Bertz CT molecular complexity index is 439. The van der Waals surface area contributed by atoms with Crippen LogP contribution in [0, 0.1) is 12.3 Å². The molecule has 1 aromatic rings. The van der Waals surface area contributed by atoms with Crippen molar-refractivity contribution in [2.24, 2.45) is 5.73 Å². The Morgan fingerprint density at radius 2 is 2.33 bits per heavy atom. The molecule has 4 heteroatoms. The Hall–Kier alpha value is -1.000. The van der Waals surface area contributed by atoms with Gasteiger partial charge in [0.2, 0.25) is 0 Å². The molecule has 98 valence electrons. The number of thioether (sulfide) groups is 1. The zero-order chi connectivity index (χ0) is 13.1. The van der Waals surface area contributed by atoms with Crippen LogP contribution < -0.4 is 5.73 Å².